The molecule has 1 aromatic carbocycles. The van der Waals surface area contributed by atoms with Gasteiger partial charge in [-0.05, 0) is 39.3 Å². The molecular weight excluding hydrogens is 234 g/mol. The lowest BCUT2D eigenvalue weighted by molar-refractivity contribution is 0.0635. The van der Waals surface area contributed by atoms with Crippen molar-refractivity contribution in [3.8, 4) is 5.75 Å². The van der Waals surface area contributed by atoms with Crippen LogP contribution in [0.15, 0.2) is 12.1 Å². The van der Waals surface area contributed by atoms with Crippen molar-refractivity contribution in [2.75, 3.05) is 5.32 Å². The van der Waals surface area contributed by atoms with Crippen molar-refractivity contribution < 1.29 is 19.4 Å². The molecule has 5 nitrogen and oxygen atoms in total. The quantitative estimate of drug-likeness (QED) is 0.626. The fourth-order valence-corrected chi connectivity index (χ4v) is 1.37. The van der Waals surface area contributed by atoms with Crippen LogP contribution < -0.4 is 5.32 Å². The van der Waals surface area contributed by atoms with E-state index in [9.17, 15) is 14.7 Å². The summed E-state index contributed by atoms with van der Waals surface area (Å²) in [6.07, 6.45) is -0.154. The van der Waals surface area contributed by atoms with Crippen LogP contribution >= 0.6 is 0 Å². The number of nitrogens with one attached hydrogen (secondary N) is 1. The van der Waals surface area contributed by atoms with E-state index in [1.54, 1.807) is 33.8 Å². The Morgan fingerprint density at radius 2 is 2.00 bits per heavy atom. The van der Waals surface area contributed by atoms with Crippen molar-refractivity contribution in [1.29, 1.82) is 0 Å². The first-order valence-corrected chi connectivity index (χ1v) is 5.52. The van der Waals surface area contributed by atoms with E-state index in [2.05, 4.69) is 5.32 Å². The Labute approximate surface area is 106 Å². The molecule has 0 aliphatic heterocycles. The van der Waals surface area contributed by atoms with Crippen LogP contribution in [-0.2, 0) is 4.74 Å². The maximum absolute atomic E-state index is 11.6. The summed E-state index contributed by atoms with van der Waals surface area (Å²) in [5, 5.41) is 12.3. The Morgan fingerprint density at radius 3 is 2.50 bits per heavy atom. The third kappa shape index (κ3) is 3.48. The van der Waals surface area contributed by atoms with Gasteiger partial charge < -0.3 is 9.84 Å². The zero-order chi connectivity index (χ0) is 13.9. The number of phenolic OH excluding ortho intramolecular Hbond substituents is 1. The number of carbonyl (C=O) groups is 2. The monoisotopic (exact) mass is 251 g/mol. The van der Waals surface area contributed by atoms with E-state index in [0.717, 1.165) is 0 Å². The molecule has 0 aliphatic rings. The summed E-state index contributed by atoms with van der Waals surface area (Å²) in [4.78, 5) is 22.3. The molecule has 5 heteroatoms. The number of amides is 1. The predicted octanol–water partition coefficient (Wildman–Crippen LogP) is 2.86. The van der Waals surface area contributed by atoms with E-state index in [1.807, 2.05) is 0 Å². The van der Waals surface area contributed by atoms with Crippen molar-refractivity contribution in [2.45, 2.75) is 33.3 Å². The van der Waals surface area contributed by atoms with Crippen LogP contribution in [-0.4, -0.2) is 23.1 Å². The molecule has 98 valence electrons. The molecule has 0 unspecified atom stereocenters. The molecular formula is C13H17NO4. The number of benzene rings is 1. The van der Waals surface area contributed by atoms with Crippen LogP contribution in [0, 0.1) is 6.92 Å². The Hall–Kier alpha value is -2.04. The highest BCUT2D eigenvalue weighted by Gasteiger charge is 2.19. The highest BCUT2D eigenvalue weighted by atomic mass is 16.6. The molecule has 2 N–H and O–H groups in total. The van der Waals surface area contributed by atoms with Gasteiger partial charge in [0.15, 0.2) is 6.29 Å². The largest absolute Gasteiger partial charge is 0.505 e. The minimum Gasteiger partial charge on any atom is -0.505 e. The highest BCUT2D eigenvalue weighted by molar-refractivity contribution is 5.92. The van der Waals surface area contributed by atoms with Gasteiger partial charge in [-0.1, -0.05) is 6.07 Å². The lowest BCUT2D eigenvalue weighted by Crippen LogP contribution is -2.27. The first-order chi connectivity index (χ1) is 8.24. The van der Waals surface area contributed by atoms with Gasteiger partial charge in [-0.3, -0.25) is 10.1 Å². The van der Waals surface area contributed by atoms with E-state index in [-0.39, 0.29) is 17.0 Å². The molecule has 0 spiro atoms. The number of aldehydes is 1. The number of ether oxygens (including phenoxy) is 1. The molecule has 0 aliphatic carbocycles. The molecule has 0 fully saturated rings. The fraction of sp³-hybridized carbons (Fsp3) is 0.385. The first kappa shape index (κ1) is 14.0. The number of anilines is 1. The Bertz CT molecular complexity index is 475. The molecule has 0 atom stereocenters. The van der Waals surface area contributed by atoms with Crippen LogP contribution in [0.3, 0.4) is 0 Å². The van der Waals surface area contributed by atoms with Gasteiger partial charge in [0.2, 0.25) is 0 Å². The van der Waals surface area contributed by atoms with Gasteiger partial charge in [0.1, 0.15) is 11.4 Å². The number of phenols is 1. The molecule has 1 rings (SSSR count). The topological polar surface area (TPSA) is 75.6 Å². The summed E-state index contributed by atoms with van der Waals surface area (Å²) in [6.45, 7) is 6.92. The van der Waals surface area contributed by atoms with Crippen LogP contribution in [0.1, 0.15) is 36.7 Å². The SMILES string of the molecule is Cc1ccc(C=O)c(O)c1NC(=O)OC(C)(C)C. The van der Waals surface area contributed by atoms with Crippen LogP contribution in [0.5, 0.6) is 5.75 Å². The first-order valence-electron chi connectivity index (χ1n) is 5.52. The van der Waals surface area contributed by atoms with Gasteiger partial charge in [0.05, 0.1) is 11.3 Å². The molecule has 1 amide bonds. The van der Waals surface area contributed by atoms with Crippen LogP contribution in [0.4, 0.5) is 10.5 Å². The summed E-state index contributed by atoms with van der Waals surface area (Å²) in [6, 6.07) is 3.12. The molecule has 1 aromatic rings. The highest BCUT2D eigenvalue weighted by Crippen LogP contribution is 2.30. The molecule has 0 saturated heterocycles. The average Bonchev–Trinajstić information content (AvgIpc) is 2.22. The van der Waals surface area contributed by atoms with Gasteiger partial charge >= 0.3 is 6.09 Å². The number of aromatic hydroxyl groups is 1. The number of hydrogen-bond donors (Lipinski definition) is 2. The van der Waals surface area contributed by atoms with E-state index in [0.29, 0.717) is 11.8 Å². The summed E-state index contributed by atoms with van der Waals surface area (Å²) in [5.41, 5.74) is 0.319. The van der Waals surface area contributed by atoms with E-state index in [4.69, 9.17) is 4.74 Å². The van der Waals surface area contributed by atoms with E-state index < -0.39 is 11.7 Å². The zero-order valence-electron chi connectivity index (χ0n) is 10.9. The van der Waals surface area contributed by atoms with Gasteiger partial charge in [-0.2, -0.15) is 0 Å². The summed E-state index contributed by atoms with van der Waals surface area (Å²) in [7, 11) is 0. The second-order valence-corrected chi connectivity index (χ2v) is 4.94. The smallest absolute Gasteiger partial charge is 0.412 e. The maximum atomic E-state index is 11.6. The number of aryl methyl sites for hydroxylation is 1. The Kier molecular flexibility index (Phi) is 3.96. The molecule has 0 saturated carbocycles. The van der Waals surface area contributed by atoms with Crippen molar-refractivity contribution in [2.24, 2.45) is 0 Å². The van der Waals surface area contributed by atoms with E-state index >= 15 is 0 Å². The molecule has 18 heavy (non-hydrogen) atoms. The summed E-state index contributed by atoms with van der Waals surface area (Å²) in [5.74, 6) is -0.254. The second-order valence-electron chi connectivity index (χ2n) is 4.94. The Morgan fingerprint density at radius 1 is 1.39 bits per heavy atom. The lowest BCUT2D eigenvalue weighted by atomic mass is 10.1. The molecule has 0 heterocycles. The van der Waals surface area contributed by atoms with E-state index in [1.165, 1.54) is 6.07 Å². The van der Waals surface area contributed by atoms with Crippen molar-refractivity contribution in [3.63, 3.8) is 0 Å². The molecule has 0 radical (unpaired) electrons. The Balaban J connectivity index is 2.97. The van der Waals surface area contributed by atoms with Gasteiger partial charge in [-0.25, -0.2) is 4.79 Å². The van der Waals surface area contributed by atoms with Gasteiger partial charge in [-0.15, -0.1) is 0 Å². The van der Waals surface area contributed by atoms with Crippen LogP contribution in [0.2, 0.25) is 0 Å². The standard InChI is InChI=1S/C13H17NO4/c1-8-5-6-9(7-15)11(16)10(8)14-12(17)18-13(2,3)4/h5-7,16H,1-4H3,(H,14,17). The lowest BCUT2D eigenvalue weighted by Gasteiger charge is -2.20. The van der Waals surface area contributed by atoms with Gasteiger partial charge in [0, 0.05) is 0 Å². The third-order valence-corrected chi connectivity index (χ3v) is 2.17. The van der Waals surface area contributed by atoms with Crippen molar-refractivity contribution in [3.05, 3.63) is 23.3 Å². The van der Waals surface area contributed by atoms with Crippen molar-refractivity contribution in [1.82, 2.24) is 0 Å². The normalized spacial score (nSPS) is 10.9. The zero-order valence-corrected chi connectivity index (χ0v) is 10.9. The molecule has 0 aromatic heterocycles. The minimum absolute atomic E-state index is 0.117. The third-order valence-electron chi connectivity index (χ3n) is 2.17. The summed E-state index contributed by atoms with van der Waals surface area (Å²) < 4.78 is 5.08. The molecule has 0 bridgehead atoms. The number of rotatable bonds is 2. The summed E-state index contributed by atoms with van der Waals surface area (Å²) >= 11 is 0. The van der Waals surface area contributed by atoms with Crippen LogP contribution in [0.25, 0.3) is 0 Å². The maximum Gasteiger partial charge on any atom is 0.412 e. The predicted molar refractivity (Wildman–Crippen MR) is 68.1 cm³/mol. The average molecular weight is 251 g/mol. The van der Waals surface area contributed by atoms with Crippen molar-refractivity contribution >= 4 is 18.1 Å². The number of hydrogen-bond acceptors (Lipinski definition) is 4. The van der Waals surface area contributed by atoms with Gasteiger partial charge in [0.25, 0.3) is 0 Å². The minimum atomic E-state index is -0.677. The second kappa shape index (κ2) is 5.08. The number of carbonyl (C=O) groups excluding carboxylic acids is 2. The fourth-order valence-electron chi connectivity index (χ4n) is 1.37.